The molecule has 0 radical (unpaired) electrons. The lowest BCUT2D eigenvalue weighted by molar-refractivity contribution is -0.146. The third-order valence-corrected chi connectivity index (χ3v) is 2.33. The normalized spacial score (nSPS) is 11.9. The molecule has 0 bridgehead atoms. The second-order valence-corrected chi connectivity index (χ2v) is 3.41. The van der Waals surface area contributed by atoms with Gasteiger partial charge in [0.1, 0.15) is 6.61 Å². The Balaban J connectivity index is 2.56. The van der Waals surface area contributed by atoms with E-state index in [9.17, 15) is 9.90 Å². The number of para-hydroxylation sites is 2. The number of ether oxygens (including phenoxy) is 2. The molecule has 1 N–H and O–H groups in total. The van der Waals surface area contributed by atoms with Crippen LogP contribution in [-0.2, 0) is 9.53 Å². The van der Waals surface area contributed by atoms with Crippen LogP contribution in [0.2, 0.25) is 0 Å². The molecule has 0 aromatic heterocycles. The highest BCUT2D eigenvalue weighted by Gasteiger charge is 2.18. The van der Waals surface area contributed by atoms with Gasteiger partial charge in [0.15, 0.2) is 11.5 Å². The van der Waals surface area contributed by atoms with E-state index in [2.05, 4.69) is 4.74 Å². The van der Waals surface area contributed by atoms with Crippen LogP contribution in [-0.4, -0.2) is 24.8 Å². The van der Waals surface area contributed by atoms with Gasteiger partial charge in [-0.1, -0.05) is 19.1 Å². The van der Waals surface area contributed by atoms with E-state index >= 15 is 0 Å². The van der Waals surface area contributed by atoms with Gasteiger partial charge in [0.25, 0.3) is 0 Å². The summed E-state index contributed by atoms with van der Waals surface area (Å²) in [7, 11) is 1.35. The number of rotatable bonds is 5. The number of phenolic OH excluding ortho intramolecular Hbond substituents is 1. The molecular formula is C12H16O4. The van der Waals surface area contributed by atoms with Crippen molar-refractivity contribution in [1.82, 2.24) is 0 Å². The molecule has 4 heteroatoms. The molecule has 1 aromatic rings. The molecular weight excluding hydrogens is 208 g/mol. The van der Waals surface area contributed by atoms with Crippen LogP contribution in [0.1, 0.15) is 13.3 Å². The van der Waals surface area contributed by atoms with Crippen molar-refractivity contribution < 1.29 is 19.4 Å². The zero-order chi connectivity index (χ0) is 12.0. The third kappa shape index (κ3) is 3.15. The zero-order valence-electron chi connectivity index (χ0n) is 9.47. The van der Waals surface area contributed by atoms with Crippen LogP contribution in [0.15, 0.2) is 24.3 Å². The second kappa shape index (κ2) is 6.00. The van der Waals surface area contributed by atoms with Gasteiger partial charge in [0.2, 0.25) is 0 Å². The molecule has 88 valence electrons. The van der Waals surface area contributed by atoms with Crippen LogP contribution < -0.4 is 4.74 Å². The summed E-state index contributed by atoms with van der Waals surface area (Å²) in [6.45, 7) is 2.09. The monoisotopic (exact) mass is 224 g/mol. The molecule has 1 unspecified atom stereocenters. The first-order valence-electron chi connectivity index (χ1n) is 5.17. The van der Waals surface area contributed by atoms with Crippen molar-refractivity contribution in [3.8, 4) is 11.5 Å². The molecule has 0 spiro atoms. The number of hydrogen-bond donors (Lipinski definition) is 1. The van der Waals surface area contributed by atoms with Gasteiger partial charge in [-0.15, -0.1) is 0 Å². The molecule has 1 atom stereocenters. The molecule has 0 heterocycles. The summed E-state index contributed by atoms with van der Waals surface area (Å²) < 4.78 is 10.0. The van der Waals surface area contributed by atoms with Gasteiger partial charge in [-0.25, -0.2) is 0 Å². The molecule has 0 aliphatic heterocycles. The SMILES string of the molecule is CCC(COc1ccccc1O)C(=O)OC. The Kier molecular flexibility index (Phi) is 4.64. The lowest BCUT2D eigenvalue weighted by Gasteiger charge is -2.14. The van der Waals surface area contributed by atoms with Crippen molar-refractivity contribution >= 4 is 5.97 Å². The highest BCUT2D eigenvalue weighted by molar-refractivity contribution is 5.72. The van der Waals surface area contributed by atoms with Crippen molar-refractivity contribution in [2.45, 2.75) is 13.3 Å². The van der Waals surface area contributed by atoms with Crippen LogP contribution in [0.25, 0.3) is 0 Å². The van der Waals surface area contributed by atoms with Gasteiger partial charge in [-0.2, -0.15) is 0 Å². The quantitative estimate of drug-likeness (QED) is 0.777. The summed E-state index contributed by atoms with van der Waals surface area (Å²) in [6, 6.07) is 6.65. The average molecular weight is 224 g/mol. The standard InChI is InChI=1S/C12H16O4/c1-3-9(12(14)15-2)8-16-11-7-5-4-6-10(11)13/h4-7,9,13H,3,8H2,1-2H3. The summed E-state index contributed by atoms with van der Waals surface area (Å²) in [5.74, 6) is -0.144. The summed E-state index contributed by atoms with van der Waals surface area (Å²) >= 11 is 0. The number of esters is 1. The fraction of sp³-hybridized carbons (Fsp3) is 0.417. The van der Waals surface area contributed by atoms with Gasteiger partial charge in [0.05, 0.1) is 13.0 Å². The van der Waals surface area contributed by atoms with E-state index in [-0.39, 0.29) is 24.2 Å². The van der Waals surface area contributed by atoms with Crippen LogP contribution >= 0.6 is 0 Å². The number of carbonyl (C=O) groups excluding carboxylic acids is 1. The Morgan fingerprint density at radius 1 is 1.44 bits per heavy atom. The summed E-state index contributed by atoms with van der Waals surface area (Å²) in [5, 5.41) is 9.45. The van der Waals surface area contributed by atoms with Crippen molar-refractivity contribution in [2.24, 2.45) is 5.92 Å². The minimum atomic E-state index is -0.301. The van der Waals surface area contributed by atoms with E-state index < -0.39 is 0 Å². The van der Waals surface area contributed by atoms with Crippen molar-refractivity contribution in [3.05, 3.63) is 24.3 Å². The predicted octanol–water partition coefficient (Wildman–Crippen LogP) is 1.97. The zero-order valence-corrected chi connectivity index (χ0v) is 9.47. The summed E-state index contributed by atoms with van der Waals surface area (Å²) in [5.41, 5.74) is 0. The number of phenols is 1. The lowest BCUT2D eigenvalue weighted by Crippen LogP contribution is -2.22. The second-order valence-electron chi connectivity index (χ2n) is 3.41. The highest BCUT2D eigenvalue weighted by Crippen LogP contribution is 2.25. The van der Waals surface area contributed by atoms with E-state index in [4.69, 9.17) is 4.74 Å². The Morgan fingerprint density at radius 3 is 2.69 bits per heavy atom. The Labute approximate surface area is 94.8 Å². The number of aromatic hydroxyl groups is 1. The van der Waals surface area contributed by atoms with Crippen molar-refractivity contribution in [1.29, 1.82) is 0 Å². The fourth-order valence-electron chi connectivity index (χ4n) is 1.29. The summed E-state index contributed by atoms with van der Waals surface area (Å²) in [4.78, 5) is 11.3. The first kappa shape index (κ1) is 12.4. The maximum atomic E-state index is 11.3. The van der Waals surface area contributed by atoms with Crippen molar-refractivity contribution in [2.75, 3.05) is 13.7 Å². The maximum Gasteiger partial charge on any atom is 0.312 e. The minimum Gasteiger partial charge on any atom is -0.504 e. The van der Waals surface area contributed by atoms with E-state index in [0.717, 1.165) is 0 Å². The van der Waals surface area contributed by atoms with Gasteiger partial charge in [0, 0.05) is 0 Å². The molecule has 1 rings (SSSR count). The first-order valence-corrected chi connectivity index (χ1v) is 5.17. The first-order chi connectivity index (χ1) is 7.69. The third-order valence-electron chi connectivity index (χ3n) is 2.33. The fourth-order valence-corrected chi connectivity index (χ4v) is 1.29. The smallest absolute Gasteiger partial charge is 0.312 e. The number of methoxy groups -OCH3 is 1. The van der Waals surface area contributed by atoms with E-state index in [1.165, 1.54) is 13.2 Å². The molecule has 0 saturated carbocycles. The maximum absolute atomic E-state index is 11.3. The number of carbonyl (C=O) groups is 1. The Bertz CT molecular complexity index is 349. The van der Waals surface area contributed by atoms with E-state index in [1.807, 2.05) is 6.92 Å². The largest absolute Gasteiger partial charge is 0.504 e. The van der Waals surface area contributed by atoms with Crippen LogP contribution in [0.5, 0.6) is 11.5 Å². The predicted molar refractivity (Wildman–Crippen MR) is 59.4 cm³/mol. The van der Waals surface area contributed by atoms with E-state index in [1.54, 1.807) is 18.2 Å². The van der Waals surface area contributed by atoms with Crippen molar-refractivity contribution in [3.63, 3.8) is 0 Å². The lowest BCUT2D eigenvalue weighted by atomic mass is 10.1. The van der Waals surface area contributed by atoms with Crippen LogP contribution in [0, 0.1) is 5.92 Å². The Morgan fingerprint density at radius 2 is 2.12 bits per heavy atom. The molecule has 0 aliphatic rings. The molecule has 16 heavy (non-hydrogen) atoms. The molecule has 0 amide bonds. The topological polar surface area (TPSA) is 55.8 Å². The van der Waals surface area contributed by atoms with Gasteiger partial charge >= 0.3 is 5.97 Å². The molecule has 0 saturated heterocycles. The van der Waals surface area contributed by atoms with Crippen LogP contribution in [0.3, 0.4) is 0 Å². The summed E-state index contributed by atoms with van der Waals surface area (Å²) in [6.07, 6.45) is 0.639. The molecule has 0 aliphatic carbocycles. The van der Waals surface area contributed by atoms with Gasteiger partial charge < -0.3 is 14.6 Å². The average Bonchev–Trinajstić information content (AvgIpc) is 2.31. The molecule has 0 fully saturated rings. The Hall–Kier alpha value is -1.71. The van der Waals surface area contributed by atoms with Gasteiger partial charge in [-0.3, -0.25) is 4.79 Å². The number of benzene rings is 1. The molecule has 1 aromatic carbocycles. The van der Waals surface area contributed by atoms with E-state index in [0.29, 0.717) is 12.2 Å². The minimum absolute atomic E-state index is 0.0715. The number of hydrogen-bond acceptors (Lipinski definition) is 4. The van der Waals surface area contributed by atoms with Crippen LogP contribution in [0.4, 0.5) is 0 Å². The highest BCUT2D eigenvalue weighted by atomic mass is 16.5. The van der Waals surface area contributed by atoms with Gasteiger partial charge in [-0.05, 0) is 18.6 Å². The molecule has 4 nitrogen and oxygen atoms in total.